The number of anilines is 2. The van der Waals surface area contributed by atoms with E-state index in [2.05, 4.69) is 5.32 Å². The Bertz CT molecular complexity index is 1020. The quantitative estimate of drug-likeness (QED) is 0.642. The minimum atomic E-state index is -0.359. The van der Waals surface area contributed by atoms with Crippen LogP contribution in [0.5, 0.6) is 11.5 Å². The monoisotopic (exact) mass is 386 g/mol. The lowest BCUT2D eigenvalue weighted by Gasteiger charge is -2.29. The molecule has 5 nitrogen and oxygen atoms in total. The van der Waals surface area contributed by atoms with E-state index in [4.69, 9.17) is 4.74 Å². The van der Waals surface area contributed by atoms with Crippen LogP contribution in [0.4, 0.5) is 11.4 Å². The summed E-state index contributed by atoms with van der Waals surface area (Å²) in [6.45, 7) is 0.636. The van der Waals surface area contributed by atoms with E-state index in [1.807, 2.05) is 66.7 Å². The first-order chi connectivity index (χ1) is 14.2. The van der Waals surface area contributed by atoms with Crippen molar-refractivity contribution in [3.05, 3.63) is 84.4 Å². The smallest absolute Gasteiger partial charge is 0.236 e. The maximum absolute atomic E-state index is 12.8. The van der Waals surface area contributed by atoms with Crippen molar-refractivity contribution in [2.45, 2.75) is 19.3 Å². The summed E-state index contributed by atoms with van der Waals surface area (Å²) in [5.74, 6) is 0.649. The van der Waals surface area contributed by atoms with Crippen molar-refractivity contribution in [2.75, 3.05) is 16.8 Å². The lowest BCUT2D eigenvalue weighted by molar-refractivity contribution is -0.125. The van der Waals surface area contributed by atoms with Crippen LogP contribution in [0.3, 0.4) is 0 Å². The Morgan fingerprint density at radius 3 is 2.48 bits per heavy atom. The third-order valence-electron chi connectivity index (χ3n) is 4.86. The molecule has 3 aromatic carbocycles. The molecule has 1 aliphatic heterocycles. The number of hydrogen-bond donors (Lipinski definition) is 1. The topological polar surface area (TPSA) is 58.6 Å². The number of amides is 2. The van der Waals surface area contributed by atoms with Crippen LogP contribution in [-0.4, -0.2) is 18.4 Å². The van der Waals surface area contributed by atoms with Gasteiger partial charge in [-0.15, -0.1) is 0 Å². The van der Waals surface area contributed by atoms with Gasteiger partial charge in [0.2, 0.25) is 11.8 Å². The van der Waals surface area contributed by atoms with E-state index < -0.39 is 0 Å². The molecule has 146 valence electrons. The standard InChI is InChI=1S/C24H22N2O3/c27-23(17-24(28)26-16-8-10-18-9-4-6-14-21(18)26)25-20-13-5-7-15-22(20)29-19-11-2-1-3-12-19/h1-7,9,11-15H,8,10,16-17H2,(H,25,27). The molecule has 0 aliphatic carbocycles. The zero-order chi connectivity index (χ0) is 20.1. The summed E-state index contributed by atoms with van der Waals surface area (Å²) in [6.07, 6.45) is 1.64. The van der Waals surface area contributed by atoms with Gasteiger partial charge in [0.15, 0.2) is 5.75 Å². The number of ether oxygens (including phenoxy) is 1. The summed E-state index contributed by atoms with van der Waals surface area (Å²) < 4.78 is 5.87. The van der Waals surface area contributed by atoms with E-state index in [1.54, 1.807) is 17.0 Å². The molecule has 0 aromatic heterocycles. The van der Waals surface area contributed by atoms with Crippen LogP contribution in [0.15, 0.2) is 78.9 Å². The molecule has 1 N–H and O–H groups in total. The molecular formula is C24H22N2O3. The van der Waals surface area contributed by atoms with Gasteiger partial charge < -0.3 is 15.0 Å². The van der Waals surface area contributed by atoms with Gasteiger partial charge in [-0.05, 0) is 48.7 Å². The van der Waals surface area contributed by atoms with Gasteiger partial charge in [0.1, 0.15) is 12.2 Å². The molecule has 4 rings (SSSR count). The van der Waals surface area contributed by atoms with Crippen molar-refractivity contribution < 1.29 is 14.3 Å². The van der Waals surface area contributed by atoms with E-state index in [0.29, 0.717) is 23.7 Å². The first-order valence-electron chi connectivity index (χ1n) is 9.71. The van der Waals surface area contributed by atoms with Crippen LogP contribution < -0.4 is 15.0 Å². The number of rotatable bonds is 5. The molecular weight excluding hydrogens is 364 g/mol. The predicted molar refractivity (Wildman–Crippen MR) is 113 cm³/mol. The van der Waals surface area contributed by atoms with Gasteiger partial charge in [-0.3, -0.25) is 9.59 Å². The molecule has 0 atom stereocenters. The first-order valence-corrected chi connectivity index (χ1v) is 9.71. The summed E-state index contributed by atoms with van der Waals surface area (Å²) in [7, 11) is 0. The Balaban J connectivity index is 1.44. The normalized spacial score (nSPS) is 12.8. The van der Waals surface area contributed by atoms with Crippen LogP contribution in [0.2, 0.25) is 0 Å². The van der Waals surface area contributed by atoms with Gasteiger partial charge in [-0.25, -0.2) is 0 Å². The Labute approximate surface area is 169 Å². The molecule has 0 radical (unpaired) electrons. The van der Waals surface area contributed by atoms with Crippen molar-refractivity contribution in [3.8, 4) is 11.5 Å². The lowest BCUT2D eigenvalue weighted by Crippen LogP contribution is -2.37. The van der Waals surface area contributed by atoms with Crippen molar-refractivity contribution >= 4 is 23.2 Å². The Morgan fingerprint density at radius 2 is 1.62 bits per heavy atom. The van der Waals surface area contributed by atoms with Crippen molar-refractivity contribution in [3.63, 3.8) is 0 Å². The third kappa shape index (κ3) is 4.46. The van der Waals surface area contributed by atoms with E-state index in [-0.39, 0.29) is 18.2 Å². The average molecular weight is 386 g/mol. The molecule has 0 fully saturated rings. The fourth-order valence-corrected chi connectivity index (χ4v) is 3.49. The molecule has 0 bridgehead atoms. The molecule has 29 heavy (non-hydrogen) atoms. The second-order valence-corrected chi connectivity index (χ2v) is 6.91. The summed E-state index contributed by atoms with van der Waals surface area (Å²) >= 11 is 0. The lowest BCUT2D eigenvalue weighted by atomic mass is 10.0. The minimum Gasteiger partial charge on any atom is -0.455 e. The fraction of sp³-hybridized carbons (Fsp3) is 0.167. The highest BCUT2D eigenvalue weighted by molar-refractivity contribution is 6.09. The van der Waals surface area contributed by atoms with Gasteiger partial charge in [-0.1, -0.05) is 48.5 Å². The summed E-state index contributed by atoms with van der Waals surface area (Å²) in [6, 6.07) is 24.4. The maximum atomic E-state index is 12.8. The van der Waals surface area contributed by atoms with Crippen LogP contribution in [0.25, 0.3) is 0 Å². The molecule has 0 saturated carbocycles. The molecule has 0 saturated heterocycles. The van der Waals surface area contributed by atoms with Crippen molar-refractivity contribution in [1.82, 2.24) is 0 Å². The van der Waals surface area contributed by atoms with Gasteiger partial charge in [-0.2, -0.15) is 0 Å². The Hall–Kier alpha value is -3.60. The van der Waals surface area contributed by atoms with Crippen molar-refractivity contribution in [1.29, 1.82) is 0 Å². The fourth-order valence-electron chi connectivity index (χ4n) is 3.49. The summed E-state index contributed by atoms with van der Waals surface area (Å²) in [5, 5.41) is 2.81. The van der Waals surface area contributed by atoms with Crippen molar-refractivity contribution in [2.24, 2.45) is 0 Å². The molecule has 0 unspecified atom stereocenters. The van der Waals surface area contributed by atoms with Gasteiger partial charge in [0.05, 0.1) is 5.69 Å². The number of benzene rings is 3. The Kier molecular flexibility index (Phi) is 5.56. The average Bonchev–Trinajstić information content (AvgIpc) is 2.75. The number of carbonyl (C=O) groups is 2. The number of fused-ring (bicyclic) bond motifs is 1. The molecule has 5 heteroatoms. The molecule has 3 aromatic rings. The van der Waals surface area contributed by atoms with E-state index >= 15 is 0 Å². The highest BCUT2D eigenvalue weighted by Crippen LogP contribution is 2.30. The highest BCUT2D eigenvalue weighted by Gasteiger charge is 2.24. The third-order valence-corrected chi connectivity index (χ3v) is 4.86. The SMILES string of the molecule is O=C(CC(=O)N1CCCc2ccccc21)Nc1ccccc1Oc1ccccc1. The van der Waals surface area contributed by atoms with Crippen LogP contribution in [-0.2, 0) is 16.0 Å². The number of para-hydroxylation sites is 4. The number of nitrogens with zero attached hydrogens (tertiary/aromatic N) is 1. The molecule has 0 spiro atoms. The van der Waals surface area contributed by atoms with E-state index in [9.17, 15) is 9.59 Å². The van der Waals surface area contributed by atoms with Crippen LogP contribution >= 0.6 is 0 Å². The largest absolute Gasteiger partial charge is 0.455 e. The molecule has 2 amide bonds. The zero-order valence-electron chi connectivity index (χ0n) is 16.0. The predicted octanol–water partition coefficient (Wildman–Crippen LogP) is 4.79. The second-order valence-electron chi connectivity index (χ2n) is 6.91. The van der Waals surface area contributed by atoms with Gasteiger partial charge >= 0.3 is 0 Å². The van der Waals surface area contributed by atoms with E-state index in [0.717, 1.165) is 24.1 Å². The number of hydrogen-bond acceptors (Lipinski definition) is 3. The minimum absolute atomic E-state index is 0.198. The van der Waals surface area contributed by atoms with Gasteiger partial charge in [0.25, 0.3) is 0 Å². The molecule has 1 heterocycles. The summed E-state index contributed by atoms with van der Waals surface area (Å²) in [4.78, 5) is 27.1. The Morgan fingerprint density at radius 1 is 0.897 bits per heavy atom. The number of aryl methyl sites for hydroxylation is 1. The number of nitrogens with one attached hydrogen (secondary N) is 1. The first kappa shape index (κ1) is 18.7. The molecule has 1 aliphatic rings. The highest BCUT2D eigenvalue weighted by atomic mass is 16.5. The van der Waals surface area contributed by atoms with Crippen LogP contribution in [0.1, 0.15) is 18.4 Å². The van der Waals surface area contributed by atoms with E-state index in [1.165, 1.54) is 0 Å². The number of carbonyl (C=O) groups excluding carboxylic acids is 2. The zero-order valence-corrected chi connectivity index (χ0v) is 16.0. The second kappa shape index (κ2) is 8.61. The maximum Gasteiger partial charge on any atom is 0.236 e. The van der Waals surface area contributed by atoms with Crippen LogP contribution in [0, 0.1) is 0 Å². The summed E-state index contributed by atoms with van der Waals surface area (Å²) in [5.41, 5.74) is 2.59. The van der Waals surface area contributed by atoms with Gasteiger partial charge in [0, 0.05) is 12.2 Å².